The van der Waals surface area contributed by atoms with Crippen molar-refractivity contribution in [3.8, 4) is 6.07 Å². The number of nitrogens with zero attached hydrogens (tertiary/aromatic N) is 4. The number of imidazole rings is 1. The van der Waals surface area contributed by atoms with Crippen LogP contribution in [0.2, 0.25) is 0 Å². The van der Waals surface area contributed by atoms with Crippen LogP contribution in [0.25, 0.3) is 16.7 Å². The lowest BCUT2D eigenvalue weighted by molar-refractivity contribution is 1.07. The molecule has 6 nitrogen and oxygen atoms in total. The minimum Gasteiger partial charge on any atom is -0.384 e. The molecule has 25 heavy (non-hydrogen) atoms. The van der Waals surface area contributed by atoms with Crippen LogP contribution in [0.4, 0.5) is 11.6 Å². The van der Waals surface area contributed by atoms with Crippen LogP contribution < -0.4 is 11.1 Å². The van der Waals surface area contributed by atoms with E-state index in [1.54, 1.807) is 12.3 Å². The molecule has 0 aliphatic rings. The van der Waals surface area contributed by atoms with E-state index in [2.05, 4.69) is 21.4 Å². The van der Waals surface area contributed by atoms with Crippen LogP contribution in [0.1, 0.15) is 16.7 Å². The van der Waals surface area contributed by atoms with Crippen LogP contribution >= 0.6 is 0 Å². The summed E-state index contributed by atoms with van der Waals surface area (Å²) in [7, 11) is 0. The molecule has 0 unspecified atom stereocenters. The summed E-state index contributed by atoms with van der Waals surface area (Å²) in [6.07, 6.45) is 1.75. The van der Waals surface area contributed by atoms with E-state index in [0.717, 1.165) is 28.0 Å². The van der Waals surface area contributed by atoms with Gasteiger partial charge in [0.25, 0.3) is 0 Å². The predicted octanol–water partition coefficient (Wildman–Crippen LogP) is 3.26. The number of aryl methyl sites for hydroxylation is 1. The first kappa shape index (κ1) is 15.0. The lowest BCUT2D eigenvalue weighted by atomic mass is 10.1. The summed E-state index contributed by atoms with van der Waals surface area (Å²) in [5, 5.41) is 12.9. The van der Waals surface area contributed by atoms with Crippen LogP contribution in [0.5, 0.6) is 0 Å². The van der Waals surface area contributed by atoms with Gasteiger partial charge >= 0.3 is 0 Å². The summed E-state index contributed by atoms with van der Waals surface area (Å²) >= 11 is 0. The molecule has 122 valence electrons. The molecule has 6 heteroatoms. The summed E-state index contributed by atoms with van der Waals surface area (Å²) in [4.78, 5) is 8.76. The van der Waals surface area contributed by atoms with Crippen molar-refractivity contribution >= 4 is 28.3 Å². The van der Waals surface area contributed by atoms with Crippen molar-refractivity contribution in [3.63, 3.8) is 0 Å². The first-order valence-corrected chi connectivity index (χ1v) is 7.92. The summed E-state index contributed by atoms with van der Waals surface area (Å²) in [6, 6.07) is 15.8. The monoisotopic (exact) mass is 328 g/mol. The zero-order valence-corrected chi connectivity index (χ0v) is 13.7. The van der Waals surface area contributed by atoms with Crippen molar-refractivity contribution in [2.45, 2.75) is 13.5 Å². The number of aromatic nitrogens is 3. The number of nitrogens with two attached hydrogens (primary N) is 1. The number of fused-ring (bicyclic) bond motifs is 3. The number of pyridine rings is 2. The van der Waals surface area contributed by atoms with E-state index in [1.165, 1.54) is 0 Å². The van der Waals surface area contributed by atoms with Crippen molar-refractivity contribution in [1.82, 2.24) is 14.4 Å². The number of para-hydroxylation sites is 2. The Kier molecular flexibility index (Phi) is 3.47. The average molecular weight is 328 g/mol. The maximum absolute atomic E-state index is 9.52. The number of nitriles is 1. The molecular weight excluding hydrogens is 312 g/mol. The molecule has 0 bridgehead atoms. The van der Waals surface area contributed by atoms with Crippen LogP contribution in [0.15, 0.2) is 48.7 Å². The second kappa shape index (κ2) is 5.80. The molecule has 4 aromatic rings. The normalized spacial score (nSPS) is 10.9. The van der Waals surface area contributed by atoms with Crippen LogP contribution in [0.3, 0.4) is 0 Å². The van der Waals surface area contributed by atoms with Crippen molar-refractivity contribution in [2.24, 2.45) is 0 Å². The third-order valence-corrected chi connectivity index (χ3v) is 4.21. The first-order valence-electron chi connectivity index (χ1n) is 7.92. The van der Waals surface area contributed by atoms with Gasteiger partial charge in [-0.15, -0.1) is 0 Å². The molecule has 0 aliphatic heterocycles. The quantitative estimate of drug-likeness (QED) is 0.602. The maximum atomic E-state index is 9.52. The number of hydrogen-bond acceptors (Lipinski definition) is 5. The summed E-state index contributed by atoms with van der Waals surface area (Å²) in [5.41, 5.74) is 10.6. The van der Waals surface area contributed by atoms with Crippen molar-refractivity contribution in [3.05, 3.63) is 65.4 Å². The smallest absolute Gasteiger partial charge is 0.157 e. The topological polar surface area (TPSA) is 92.0 Å². The van der Waals surface area contributed by atoms with Crippen molar-refractivity contribution in [2.75, 3.05) is 11.1 Å². The molecule has 0 radical (unpaired) electrons. The van der Waals surface area contributed by atoms with Gasteiger partial charge in [0, 0.05) is 12.7 Å². The van der Waals surface area contributed by atoms with E-state index in [0.29, 0.717) is 23.6 Å². The molecular formula is C19H16N6. The Morgan fingerprint density at radius 1 is 1.24 bits per heavy atom. The molecule has 3 aromatic heterocycles. The van der Waals surface area contributed by atoms with E-state index >= 15 is 0 Å². The highest BCUT2D eigenvalue weighted by Crippen LogP contribution is 2.26. The third kappa shape index (κ3) is 2.52. The van der Waals surface area contributed by atoms with E-state index in [9.17, 15) is 5.26 Å². The lowest BCUT2D eigenvalue weighted by Gasteiger charge is -2.12. The molecule has 0 spiro atoms. The van der Waals surface area contributed by atoms with Crippen LogP contribution in [-0.2, 0) is 6.54 Å². The SMILES string of the molecule is Cc1cc(NCc2ccc(N)nc2)n2c(nc3ccccc32)c1C#N. The number of rotatable bonds is 3. The number of benzene rings is 1. The van der Waals surface area contributed by atoms with Gasteiger partial charge in [0.2, 0.25) is 0 Å². The Balaban J connectivity index is 1.85. The number of anilines is 2. The third-order valence-electron chi connectivity index (χ3n) is 4.21. The van der Waals surface area contributed by atoms with E-state index in [1.807, 2.05) is 47.7 Å². The molecule has 1 aromatic carbocycles. The first-order chi connectivity index (χ1) is 12.2. The molecule has 3 heterocycles. The Bertz CT molecular complexity index is 1120. The minimum absolute atomic E-state index is 0.501. The van der Waals surface area contributed by atoms with Crippen LogP contribution in [-0.4, -0.2) is 14.4 Å². The highest BCUT2D eigenvalue weighted by Gasteiger charge is 2.14. The molecule has 0 saturated heterocycles. The molecule has 0 amide bonds. The zero-order chi connectivity index (χ0) is 17.4. The average Bonchev–Trinajstić information content (AvgIpc) is 3.00. The van der Waals surface area contributed by atoms with Crippen molar-refractivity contribution < 1.29 is 0 Å². The summed E-state index contributed by atoms with van der Waals surface area (Å²) in [6.45, 7) is 2.52. The van der Waals surface area contributed by atoms with Gasteiger partial charge in [-0.1, -0.05) is 18.2 Å². The van der Waals surface area contributed by atoms with Gasteiger partial charge in [-0.05, 0) is 42.3 Å². The largest absolute Gasteiger partial charge is 0.384 e. The van der Waals surface area contributed by atoms with E-state index < -0.39 is 0 Å². The minimum atomic E-state index is 0.501. The lowest BCUT2D eigenvalue weighted by Crippen LogP contribution is -2.06. The van der Waals surface area contributed by atoms with Gasteiger partial charge in [-0.3, -0.25) is 4.40 Å². The van der Waals surface area contributed by atoms with Crippen molar-refractivity contribution in [1.29, 1.82) is 5.26 Å². The van der Waals surface area contributed by atoms with E-state index in [4.69, 9.17) is 5.73 Å². The Morgan fingerprint density at radius 3 is 2.84 bits per heavy atom. The molecule has 0 atom stereocenters. The summed E-state index contributed by atoms with van der Waals surface area (Å²) < 4.78 is 1.99. The number of hydrogen-bond donors (Lipinski definition) is 2. The Labute approximate surface area is 144 Å². The number of nitrogen functional groups attached to an aromatic ring is 1. The van der Waals surface area contributed by atoms with Crippen LogP contribution in [0, 0.1) is 18.3 Å². The summed E-state index contributed by atoms with van der Waals surface area (Å²) in [5.74, 6) is 1.39. The fourth-order valence-corrected chi connectivity index (χ4v) is 2.96. The fourth-order valence-electron chi connectivity index (χ4n) is 2.96. The second-order valence-electron chi connectivity index (χ2n) is 5.90. The Morgan fingerprint density at radius 2 is 2.08 bits per heavy atom. The highest BCUT2D eigenvalue weighted by atomic mass is 15.1. The zero-order valence-electron chi connectivity index (χ0n) is 13.7. The Hall–Kier alpha value is -3.59. The van der Waals surface area contributed by atoms with Gasteiger partial charge in [-0.25, -0.2) is 9.97 Å². The highest BCUT2D eigenvalue weighted by molar-refractivity contribution is 5.85. The van der Waals surface area contributed by atoms with E-state index in [-0.39, 0.29) is 0 Å². The molecule has 3 N–H and O–H groups in total. The van der Waals surface area contributed by atoms with Gasteiger partial charge in [0.15, 0.2) is 5.65 Å². The maximum Gasteiger partial charge on any atom is 0.157 e. The standard InChI is InChI=1S/C19H16N6/c1-12-8-18(23-11-13-6-7-17(21)22-10-13)25-16-5-3-2-4-15(16)24-19(25)14(12)9-20/h2-8,10,23H,11H2,1H3,(H2,21,22). The van der Waals surface area contributed by atoms with Gasteiger partial charge in [0.1, 0.15) is 17.7 Å². The molecule has 4 rings (SSSR count). The predicted molar refractivity (Wildman–Crippen MR) is 98.1 cm³/mol. The van der Waals surface area contributed by atoms with Gasteiger partial charge in [0.05, 0.1) is 16.6 Å². The van der Waals surface area contributed by atoms with Gasteiger partial charge < -0.3 is 11.1 Å². The number of nitrogens with one attached hydrogen (secondary N) is 1. The fraction of sp³-hybridized carbons (Fsp3) is 0.105. The second-order valence-corrected chi connectivity index (χ2v) is 5.90. The molecule has 0 saturated carbocycles. The van der Waals surface area contributed by atoms with Gasteiger partial charge in [-0.2, -0.15) is 5.26 Å². The molecule has 0 aliphatic carbocycles. The molecule has 0 fully saturated rings.